The molecule has 0 spiro atoms. The minimum absolute atomic E-state index is 0.00450. The van der Waals surface area contributed by atoms with Crippen molar-refractivity contribution in [2.24, 2.45) is 0 Å². The van der Waals surface area contributed by atoms with Crippen LogP contribution in [0.25, 0.3) is 11.1 Å². The summed E-state index contributed by atoms with van der Waals surface area (Å²) < 4.78 is 5.55. The molecule has 0 heterocycles. The lowest BCUT2D eigenvalue weighted by Gasteiger charge is -2.10. The number of para-hydroxylation sites is 1. The van der Waals surface area contributed by atoms with Crippen LogP contribution < -0.4 is 4.74 Å². The van der Waals surface area contributed by atoms with Crippen LogP contribution in [0.15, 0.2) is 42.5 Å². The Morgan fingerprint density at radius 1 is 1.22 bits per heavy atom. The fourth-order valence-electron chi connectivity index (χ4n) is 1.78. The third kappa shape index (κ3) is 2.28. The van der Waals surface area contributed by atoms with Crippen LogP contribution in [0, 0.1) is 11.3 Å². The van der Waals surface area contributed by atoms with E-state index < -0.39 is 0 Å². The number of phenolic OH excluding ortho intramolecular Hbond substituents is 1. The molecule has 2 aromatic carbocycles. The van der Waals surface area contributed by atoms with Crippen molar-refractivity contribution in [1.29, 1.82) is 5.26 Å². The van der Waals surface area contributed by atoms with Crippen molar-refractivity contribution in [2.45, 2.75) is 6.92 Å². The molecular formula is C15H13NO2. The van der Waals surface area contributed by atoms with Gasteiger partial charge in [0, 0.05) is 5.56 Å². The van der Waals surface area contributed by atoms with Gasteiger partial charge in [-0.05, 0) is 30.7 Å². The molecule has 90 valence electrons. The average Bonchev–Trinajstić information content (AvgIpc) is 2.40. The molecule has 0 atom stereocenters. The highest BCUT2D eigenvalue weighted by atomic mass is 16.5. The maximum absolute atomic E-state index is 9.50. The lowest BCUT2D eigenvalue weighted by molar-refractivity contribution is 0.341. The van der Waals surface area contributed by atoms with Gasteiger partial charge in [0.2, 0.25) is 0 Å². The normalized spacial score (nSPS) is 9.78. The molecule has 3 heteroatoms. The number of benzene rings is 2. The molecule has 1 N–H and O–H groups in total. The summed E-state index contributed by atoms with van der Waals surface area (Å²) in [6, 6.07) is 14.6. The highest BCUT2D eigenvalue weighted by Gasteiger charge is 2.08. The van der Waals surface area contributed by atoms with E-state index in [1.807, 2.05) is 37.3 Å². The zero-order valence-corrected chi connectivity index (χ0v) is 10.1. The molecule has 0 aromatic heterocycles. The summed E-state index contributed by atoms with van der Waals surface area (Å²) in [5, 5.41) is 18.4. The van der Waals surface area contributed by atoms with Crippen LogP contribution in [0.3, 0.4) is 0 Å². The maximum atomic E-state index is 9.50. The number of ether oxygens (including phenoxy) is 1. The number of nitrogens with zero attached hydrogens (tertiary/aromatic N) is 1. The molecule has 0 unspecified atom stereocenters. The van der Waals surface area contributed by atoms with E-state index in [2.05, 4.69) is 0 Å². The van der Waals surface area contributed by atoms with Gasteiger partial charge in [0.05, 0.1) is 12.2 Å². The second-order valence-corrected chi connectivity index (χ2v) is 3.77. The largest absolute Gasteiger partial charge is 0.507 e. The van der Waals surface area contributed by atoms with Gasteiger partial charge in [-0.25, -0.2) is 0 Å². The van der Waals surface area contributed by atoms with Gasteiger partial charge in [-0.2, -0.15) is 5.26 Å². The standard InChI is InChI=1S/C15H13NO2/c1-2-18-15-6-4-3-5-13(15)11-7-8-14(17)12(9-11)10-16/h3-9,17H,2H2,1H3. The molecule has 3 nitrogen and oxygen atoms in total. The number of hydrogen-bond donors (Lipinski definition) is 1. The Balaban J connectivity index is 2.52. The second kappa shape index (κ2) is 5.24. The van der Waals surface area contributed by atoms with Crippen molar-refractivity contribution in [1.82, 2.24) is 0 Å². The summed E-state index contributed by atoms with van der Waals surface area (Å²) in [5.74, 6) is 0.768. The van der Waals surface area contributed by atoms with Crippen LogP contribution in [0.5, 0.6) is 11.5 Å². The predicted octanol–water partition coefficient (Wildman–Crippen LogP) is 3.33. The van der Waals surface area contributed by atoms with Crippen LogP contribution in [0.4, 0.5) is 0 Å². The van der Waals surface area contributed by atoms with E-state index in [1.165, 1.54) is 6.07 Å². The van der Waals surface area contributed by atoms with Crippen molar-refractivity contribution in [2.75, 3.05) is 6.61 Å². The van der Waals surface area contributed by atoms with Gasteiger partial charge in [0.25, 0.3) is 0 Å². The van der Waals surface area contributed by atoms with E-state index in [9.17, 15) is 5.11 Å². The van der Waals surface area contributed by atoms with E-state index in [0.717, 1.165) is 16.9 Å². The third-order valence-electron chi connectivity index (χ3n) is 2.61. The Morgan fingerprint density at radius 3 is 2.72 bits per heavy atom. The Morgan fingerprint density at radius 2 is 2.00 bits per heavy atom. The molecule has 0 aliphatic rings. The minimum Gasteiger partial charge on any atom is -0.507 e. The SMILES string of the molecule is CCOc1ccccc1-c1ccc(O)c(C#N)c1. The van der Waals surface area contributed by atoms with Crippen LogP contribution >= 0.6 is 0 Å². The Kier molecular flexibility index (Phi) is 3.49. The van der Waals surface area contributed by atoms with Crippen molar-refractivity contribution in [3.63, 3.8) is 0 Å². The summed E-state index contributed by atoms with van der Waals surface area (Å²) in [4.78, 5) is 0. The molecule has 0 saturated heterocycles. The molecule has 0 saturated carbocycles. The predicted molar refractivity (Wildman–Crippen MR) is 69.4 cm³/mol. The van der Waals surface area contributed by atoms with Gasteiger partial charge in [0.1, 0.15) is 17.6 Å². The summed E-state index contributed by atoms with van der Waals surface area (Å²) in [6.45, 7) is 2.51. The van der Waals surface area contributed by atoms with E-state index in [1.54, 1.807) is 12.1 Å². The van der Waals surface area contributed by atoms with Gasteiger partial charge in [-0.1, -0.05) is 24.3 Å². The van der Waals surface area contributed by atoms with Crippen LogP contribution in [-0.4, -0.2) is 11.7 Å². The summed E-state index contributed by atoms with van der Waals surface area (Å²) in [5.41, 5.74) is 2.03. The first-order chi connectivity index (χ1) is 8.76. The number of rotatable bonds is 3. The van der Waals surface area contributed by atoms with Crippen LogP contribution in [-0.2, 0) is 0 Å². The molecule has 0 amide bonds. The van der Waals surface area contributed by atoms with Crippen molar-refractivity contribution >= 4 is 0 Å². The first-order valence-corrected chi connectivity index (χ1v) is 5.71. The van der Waals surface area contributed by atoms with E-state index >= 15 is 0 Å². The fraction of sp³-hybridized carbons (Fsp3) is 0.133. The average molecular weight is 239 g/mol. The van der Waals surface area contributed by atoms with E-state index in [-0.39, 0.29) is 11.3 Å². The van der Waals surface area contributed by atoms with Crippen molar-refractivity contribution in [3.8, 4) is 28.7 Å². The first-order valence-electron chi connectivity index (χ1n) is 5.71. The molecule has 18 heavy (non-hydrogen) atoms. The van der Waals surface area contributed by atoms with E-state index in [0.29, 0.717) is 6.61 Å². The molecule has 0 bridgehead atoms. The monoisotopic (exact) mass is 239 g/mol. The Bertz CT molecular complexity index is 600. The first kappa shape index (κ1) is 12.0. The molecule has 0 fully saturated rings. The Labute approximate surface area is 106 Å². The highest BCUT2D eigenvalue weighted by Crippen LogP contribution is 2.32. The molecule has 0 radical (unpaired) electrons. The van der Waals surface area contributed by atoms with Gasteiger partial charge in [-0.3, -0.25) is 0 Å². The zero-order valence-electron chi connectivity index (χ0n) is 10.1. The van der Waals surface area contributed by atoms with Crippen LogP contribution in [0.1, 0.15) is 12.5 Å². The molecule has 2 aromatic rings. The fourth-order valence-corrected chi connectivity index (χ4v) is 1.78. The molecule has 0 aliphatic carbocycles. The third-order valence-corrected chi connectivity index (χ3v) is 2.61. The lowest BCUT2D eigenvalue weighted by Crippen LogP contribution is -1.93. The van der Waals surface area contributed by atoms with Gasteiger partial charge < -0.3 is 9.84 Å². The van der Waals surface area contributed by atoms with Gasteiger partial charge >= 0.3 is 0 Å². The number of nitriles is 1. The van der Waals surface area contributed by atoms with E-state index in [4.69, 9.17) is 10.00 Å². The second-order valence-electron chi connectivity index (χ2n) is 3.77. The van der Waals surface area contributed by atoms with Crippen LogP contribution in [0.2, 0.25) is 0 Å². The van der Waals surface area contributed by atoms with Crippen molar-refractivity contribution < 1.29 is 9.84 Å². The summed E-state index contributed by atoms with van der Waals surface area (Å²) in [6.07, 6.45) is 0. The number of hydrogen-bond acceptors (Lipinski definition) is 3. The number of aromatic hydroxyl groups is 1. The van der Waals surface area contributed by atoms with Gasteiger partial charge in [0.15, 0.2) is 0 Å². The quantitative estimate of drug-likeness (QED) is 0.893. The minimum atomic E-state index is -0.00450. The zero-order chi connectivity index (χ0) is 13.0. The number of phenols is 1. The molecule has 2 rings (SSSR count). The topological polar surface area (TPSA) is 53.2 Å². The smallest absolute Gasteiger partial charge is 0.133 e. The molecule has 0 aliphatic heterocycles. The summed E-state index contributed by atoms with van der Waals surface area (Å²) in [7, 11) is 0. The van der Waals surface area contributed by atoms with Gasteiger partial charge in [-0.15, -0.1) is 0 Å². The lowest BCUT2D eigenvalue weighted by atomic mass is 10.0. The van der Waals surface area contributed by atoms with Crippen molar-refractivity contribution in [3.05, 3.63) is 48.0 Å². The molecular weight excluding hydrogens is 226 g/mol. The maximum Gasteiger partial charge on any atom is 0.133 e. The summed E-state index contributed by atoms with van der Waals surface area (Å²) >= 11 is 0. The Hall–Kier alpha value is -2.47. The highest BCUT2D eigenvalue weighted by molar-refractivity contribution is 5.72.